The van der Waals surface area contributed by atoms with E-state index in [-0.39, 0.29) is 27.4 Å². The van der Waals surface area contributed by atoms with Gasteiger partial charge in [-0.15, -0.1) is 10.2 Å². The quantitative estimate of drug-likeness (QED) is 0.100. The molecule has 12 nitrogen and oxygen atoms in total. The van der Waals surface area contributed by atoms with E-state index in [0.29, 0.717) is 24.5 Å². The number of azo groups is 1. The highest BCUT2D eigenvalue weighted by atomic mass is 79.9. The Morgan fingerprint density at radius 3 is 2.00 bits per heavy atom. The minimum Gasteiger partial charge on any atom is -0.494 e. The van der Waals surface area contributed by atoms with E-state index >= 15 is 0 Å². The second-order valence-corrected chi connectivity index (χ2v) is 9.91. The fourth-order valence-corrected chi connectivity index (χ4v) is 4.71. The first kappa shape index (κ1) is 29.8. The maximum Gasteiger partial charge on any atom is 0.304 e. The van der Waals surface area contributed by atoms with Crippen molar-refractivity contribution in [2.75, 3.05) is 17.3 Å². The number of anilines is 2. The van der Waals surface area contributed by atoms with Crippen LogP contribution in [0.25, 0.3) is 0 Å². The van der Waals surface area contributed by atoms with Crippen molar-refractivity contribution in [3.8, 4) is 5.75 Å². The highest BCUT2D eigenvalue weighted by Crippen LogP contribution is 2.43. The van der Waals surface area contributed by atoms with Gasteiger partial charge >= 0.3 is 5.69 Å². The van der Waals surface area contributed by atoms with Crippen LogP contribution >= 0.6 is 15.9 Å². The van der Waals surface area contributed by atoms with Gasteiger partial charge in [0.05, 0.1) is 38.9 Å². The lowest BCUT2D eigenvalue weighted by molar-refractivity contribution is -0.393. The van der Waals surface area contributed by atoms with Crippen molar-refractivity contribution in [3.05, 3.63) is 121 Å². The number of ether oxygens (including phenoxy) is 1. The van der Waals surface area contributed by atoms with Crippen molar-refractivity contribution in [1.82, 2.24) is 0 Å². The number of carbonyl (C=O) groups is 1. The van der Waals surface area contributed by atoms with E-state index in [4.69, 9.17) is 4.74 Å². The summed E-state index contributed by atoms with van der Waals surface area (Å²) in [7, 11) is 1.50. The Kier molecular flexibility index (Phi) is 9.55. The molecule has 0 atom stereocenters. The van der Waals surface area contributed by atoms with Crippen molar-refractivity contribution in [2.45, 2.75) is 20.0 Å². The summed E-state index contributed by atoms with van der Waals surface area (Å²) in [6.45, 7) is 2.39. The van der Waals surface area contributed by atoms with Crippen LogP contribution < -0.4 is 15.0 Å². The Hall–Kier alpha value is -5.17. The molecule has 0 aliphatic heterocycles. The van der Waals surface area contributed by atoms with Gasteiger partial charge in [-0.2, -0.15) is 0 Å². The Morgan fingerprint density at radius 1 is 0.905 bits per heavy atom. The van der Waals surface area contributed by atoms with Crippen LogP contribution in [0.3, 0.4) is 0 Å². The Balaban J connectivity index is 1.83. The normalized spacial score (nSPS) is 10.8. The average molecular weight is 633 g/mol. The molecule has 42 heavy (non-hydrogen) atoms. The molecule has 1 N–H and O–H groups in total. The van der Waals surface area contributed by atoms with Gasteiger partial charge in [-0.25, -0.2) is 0 Å². The number of amides is 1. The van der Waals surface area contributed by atoms with Crippen LogP contribution in [0.15, 0.2) is 99.6 Å². The number of halogens is 1. The van der Waals surface area contributed by atoms with E-state index < -0.39 is 21.2 Å². The summed E-state index contributed by atoms with van der Waals surface area (Å²) >= 11 is 3.13. The standard InChI is InChI=1S/C29H25BrN6O6/c1-19(37)31-24-15-26(34(17-20-9-5-3-6-10-20)18-21-11-7-4-8-12-21)28(42-2)16-25(24)32-33-29-23(30)13-22(35(38)39)14-27(29)36(40)41/h3-16H,17-18H2,1-2H3,(H,31,37). The Labute approximate surface area is 249 Å². The lowest BCUT2D eigenvalue weighted by atomic mass is 10.1. The molecule has 4 aromatic carbocycles. The molecule has 0 spiro atoms. The maximum absolute atomic E-state index is 12.2. The zero-order valence-electron chi connectivity index (χ0n) is 22.6. The number of hydrogen-bond donors (Lipinski definition) is 1. The zero-order valence-corrected chi connectivity index (χ0v) is 24.1. The van der Waals surface area contributed by atoms with Gasteiger partial charge in [-0.1, -0.05) is 60.7 Å². The minimum atomic E-state index is -0.782. The molecule has 13 heteroatoms. The molecule has 0 radical (unpaired) electrons. The lowest BCUT2D eigenvalue weighted by Crippen LogP contribution is -2.23. The van der Waals surface area contributed by atoms with Crippen LogP contribution in [-0.4, -0.2) is 22.9 Å². The van der Waals surface area contributed by atoms with E-state index in [1.54, 1.807) is 12.1 Å². The molecule has 0 saturated heterocycles. The van der Waals surface area contributed by atoms with Gasteiger partial charge in [0, 0.05) is 32.1 Å². The first-order chi connectivity index (χ1) is 20.2. The van der Waals surface area contributed by atoms with E-state index in [0.717, 1.165) is 23.3 Å². The molecule has 0 unspecified atom stereocenters. The fraction of sp³-hybridized carbons (Fsp3) is 0.138. The number of carbonyl (C=O) groups excluding carboxylic acids is 1. The van der Waals surface area contributed by atoms with E-state index in [1.807, 2.05) is 60.7 Å². The van der Waals surface area contributed by atoms with Gasteiger partial charge in [0.2, 0.25) is 5.91 Å². The van der Waals surface area contributed by atoms with Gasteiger partial charge < -0.3 is 15.0 Å². The molecule has 0 aromatic heterocycles. The number of hydrogen-bond acceptors (Lipinski definition) is 9. The molecule has 214 valence electrons. The SMILES string of the molecule is COc1cc(N=Nc2c(Br)cc([N+](=O)[O-])cc2[N+](=O)[O-])c(NC(C)=O)cc1N(Cc1ccccc1)Cc1ccccc1. The molecule has 4 aromatic rings. The molecule has 0 aliphatic rings. The molecular formula is C29H25BrN6O6. The van der Waals surface area contributed by atoms with Gasteiger partial charge in [-0.05, 0) is 33.1 Å². The number of benzene rings is 4. The topological polar surface area (TPSA) is 153 Å². The number of methoxy groups -OCH3 is 1. The van der Waals surface area contributed by atoms with Crippen LogP contribution in [0, 0.1) is 20.2 Å². The second-order valence-electron chi connectivity index (χ2n) is 9.06. The summed E-state index contributed by atoms with van der Waals surface area (Å²) in [6, 6.07) is 24.9. The van der Waals surface area contributed by atoms with Crippen LogP contribution in [0.4, 0.5) is 34.1 Å². The number of nitro benzene ring substituents is 2. The van der Waals surface area contributed by atoms with Crippen molar-refractivity contribution >= 4 is 56.0 Å². The van der Waals surface area contributed by atoms with E-state index in [9.17, 15) is 25.0 Å². The maximum atomic E-state index is 12.2. The van der Waals surface area contributed by atoms with Crippen LogP contribution in [0.1, 0.15) is 18.1 Å². The molecule has 0 heterocycles. The summed E-state index contributed by atoms with van der Waals surface area (Å²) in [5, 5.41) is 33.9. The van der Waals surface area contributed by atoms with Crippen molar-refractivity contribution < 1.29 is 19.4 Å². The summed E-state index contributed by atoms with van der Waals surface area (Å²) in [5.41, 5.74) is 1.90. The Morgan fingerprint density at radius 2 is 1.50 bits per heavy atom. The smallest absolute Gasteiger partial charge is 0.304 e. The predicted molar refractivity (Wildman–Crippen MR) is 162 cm³/mol. The largest absolute Gasteiger partial charge is 0.494 e. The minimum absolute atomic E-state index is 0.00806. The van der Waals surface area contributed by atoms with E-state index in [2.05, 4.69) is 36.4 Å². The molecular weight excluding hydrogens is 608 g/mol. The van der Waals surface area contributed by atoms with Crippen LogP contribution in [0.2, 0.25) is 0 Å². The lowest BCUT2D eigenvalue weighted by Gasteiger charge is -2.28. The van der Waals surface area contributed by atoms with Crippen LogP contribution in [0.5, 0.6) is 5.75 Å². The van der Waals surface area contributed by atoms with Crippen molar-refractivity contribution in [2.24, 2.45) is 10.2 Å². The van der Waals surface area contributed by atoms with Crippen molar-refractivity contribution in [3.63, 3.8) is 0 Å². The summed E-state index contributed by atoms with van der Waals surface area (Å²) < 4.78 is 5.74. The third kappa shape index (κ3) is 7.31. The summed E-state index contributed by atoms with van der Waals surface area (Å²) in [5.74, 6) is 0.0462. The summed E-state index contributed by atoms with van der Waals surface area (Å²) in [6.07, 6.45) is 0. The zero-order chi connectivity index (χ0) is 30.2. The van der Waals surface area contributed by atoms with Gasteiger partial charge in [0.25, 0.3) is 5.69 Å². The summed E-state index contributed by atoms with van der Waals surface area (Å²) in [4.78, 5) is 35.6. The third-order valence-corrected chi connectivity index (χ3v) is 6.68. The van der Waals surface area contributed by atoms with Gasteiger partial charge in [0.1, 0.15) is 11.4 Å². The number of non-ortho nitro benzene ring substituents is 1. The van der Waals surface area contributed by atoms with Gasteiger partial charge in [0.15, 0.2) is 5.69 Å². The highest BCUT2D eigenvalue weighted by Gasteiger charge is 2.24. The third-order valence-electron chi connectivity index (χ3n) is 6.07. The molecule has 0 bridgehead atoms. The molecule has 0 saturated carbocycles. The number of rotatable bonds is 11. The highest BCUT2D eigenvalue weighted by molar-refractivity contribution is 9.10. The molecule has 4 rings (SSSR count). The fourth-order valence-electron chi connectivity index (χ4n) is 4.19. The Bertz CT molecular complexity index is 1610. The first-order valence-electron chi connectivity index (χ1n) is 12.5. The average Bonchev–Trinajstić information content (AvgIpc) is 2.96. The number of nitrogens with zero attached hydrogens (tertiary/aromatic N) is 5. The number of nitro groups is 2. The molecule has 1 amide bonds. The molecule has 0 fully saturated rings. The van der Waals surface area contributed by atoms with Gasteiger partial charge in [-0.3, -0.25) is 25.0 Å². The van der Waals surface area contributed by atoms with Crippen molar-refractivity contribution in [1.29, 1.82) is 0 Å². The van der Waals surface area contributed by atoms with E-state index in [1.165, 1.54) is 14.0 Å². The monoisotopic (exact) mass is 632 g/mol. The number of nitrogens with one attached hydrogen (secondary N) is 1. The van der Waals surface area contributed by atoms with Crippen LogP contribution in [-0.2, 0) is 17.9 Å². The molecule has 0 aliphatic carbocycles. The predicted octanol–water partition coefficient (Wildman–Crippen LogP) is 7.85. The first-order valence-corrected chi connectivity index (χ1v) is 13.3. The second kappa shape index (κ2) is 13.5.